The maximum atomic E-state index is 10.7. The van der Waals surface area contributed by atoms with Gasteiger partial charge in [0.25, 0.3) is 0 Å². The summed E-state index contributed by atoms with van der Waals surface area (Å²) in [4.78, 5) is 10.7. The predicted octanol–water partition coefficient (Wildman–Crippen LogP) is 3.07. The van der Waals surface area contributed by atoms with Crippen LogP contribution < -0.4 is 10.5 Å². The largest absolute Gasteiger partial charge is 0.478 e. The number of carboxylic acid groups (broad SMARTS) is 1. The molecule has 2 aromatic rings. The highest BCUT2D eigenvalue weighted by Gasteiger charge is 2.04. The summed E-state index contributed by atoms with van der Waals surface area (Å²) < 4.78 is 5.65. The van der Waals surface area contributed by atoms with Crippen LogP contribution in [-0.4, -0.2) is 11.1 Å². The minimum Gasteiger partial charge on any atom is -0.478 e. The average Bonchev–Trinajstić information content (AvgIpc) is 2.33. The maximum absolute atomic E-state index is 10.7. The molecule has 4 nitrogen and oxygen atoms in total. The number of hydrogen-bond acceptors (Lipinski definition) is 3. The Labute approximate surface area is 105 Å². The predicted molar refractivity (Wildman–Crippen MR) is 69.1 cm³/mol. The highest BCUT2D eigenvalue weighted by Crippen LogP contribution is 2.26. The molecule has 0 aliphatic rings. The van der Waals surface area contributed by atoms with E-state index in [-0.39, 0.29) is 5.56 Å². The molecule has 0 aliphatic carbocycles. The quantitative estimate of drug-likeness (QED) is 0.812. The van der Waals surface area contributed by atoms with Crippen LogP contribution in [-0.2, 0) is 0 Å². The Morgan fingerprint density at radius 1 is 1.17 bits per heavy atom. The van der Waals surface area contributed by atoms with Gasteiger partial charge in [-0.05, 0) is 55.0 Å². The highest BCUT2D eigenvalue weighted by molar-refractivity contribution is 5.87. The summed E-state index contributed by atoms with van der Waals surface area (Å²) in [6.07, 6.45) is 0. The Hall–Kier alpha value is -2.49. The van der Waals surface area contributed by atoms with E-state index in [1.54, 1.807) is 24.3 Å². The van der Waals surface area contributed by atoms with Gasteiger partial charge in [-0.15, -0.1) is 0 Å². The van der Waals surface area contributed by atoms with Gasteiger partial charge in [-0.3, -0.25) is 0 Å². The van der Waals surface area contributed by atoms with E-state index in [0.29, 0.717) is 17.2 Å². The molecule has 4 heteroatoms. The van der Waals surface area contributed by atoms with E-state index in [1.165, 1.54) is 12.1 Å². The van der Waals surface area contributed by atoms with Crippen LogP contribution in [0, 0.1) is 6.92 Å². The normalized spacial score (nSPS) is 10.1. The summed E-state index contributed by atoms with van der Waals surface area (Å²) in [5, 5.41) is 8.79. The first kappa shape index (κ1) is 12.0. The summed E-state index contributed by atoms with van der Waals surface area (Å²) in [5.41, 5.74) is 7.50. The molecule has 0 saturated heterocycles. The molecule has 0 fully saturated rings. The van der Waals surface area contributed by atoms with Gasteiger partial charge in [0.1, 0.15) is 11.5 Å². The van der Waals surface area contributed by atoms with Crippen molar-refractivity contribution in [1.82, 2.24) is 0 Å². The molecular formula is C14H13NO3. The zero-order chi connectivity index (χ0) is 13.1. The number of aromatic carboxylic acids is 1. The molecule has 0 saturated carbocycles. The minimum atomic E-state index is -0.954. The molecule has 0 spiro atoms. The fourth-order valence-electron chi connectivity index (χ4n) is 1.58. The van der Waals surface area contributed by atoms with Gasteiger partial charge in [0.05, 0.1) is 5.56 Å². The number of aryl methyl sites for hydroxylation is 1. The Morgan fingerprint density at radius 2 is 1.83 bits per heavy atom. The number of nitrogens with two attached hydrogens (primary N) is 1. The molecular weight excluding hydrogens is 230 g/mol. The van der Waals surface area contributed by atoms with Crippen molar-refractivity contribution in [3.8, 4) is 11.5 Å². The van der Waals surface area contributed by atoms with Crippen molar-refractivity contribution in [2.75, 3.05) is 5.73 Å². The maximum Gasteiger partial charge on any atom is 0.335 e. The van der Waals surface area contributed by atoms with Crippen LogP contribution in [0.4, 0.5) is 5.69 Å². The van der Waals surface area contributed by atoms with Gasteiger partial charge in [-0.25, -0.2) is 4.79 Å². The van der Waals surface area contributed by atoms with Crippen LogP contribution in [0.5, 0.6) is 11.5 Å². The minimum absolute atomic E-state index is 0.233. The van der Waals surface area contributed by atoms with E-state index in [2.05, 4.69) is 0 Å². The SMILES string of the molecule is Cc1cc(N)ccc1Oc1ccc(C(=O)O)cc1. The topological polar surface area (TPSA) is 72.5 Å². The van der Waals surface area contributed by atoms with E-state index in [9.17, 15) is 4.79 Å². The number of anilines is 1. The summed E-state index contributed by atoms with van der Waals surface area (Å²) in [6, 6.07) is 11.6. The third kappa shape index (κ3) is 2.60. The van der Waals surface area contributed by atoms with E-state index in [4.69, 9.17) is 15.6 Å². The van der Waals surface area contributed by atoms with E-state index >= 15 is 0 Å². The van der Waals surface area contributed by atoms with Crippen molar-refractivity contribution in [3.63, 3.8) is 0 Å². The van der Waals surface area contributed by atoms with Gasteiger partial charge >= 0.3 is 5.97 Å². The van der Waals surface area contributed by atoms with E-state index in [0.717, 1.165) is 5.56 Å². The first-order chi connectivity index (χ1) is 8.56. The van der Waals surface area contributed by atoms with Gasteiger partial charge in [0.15, 0.2) is 0 Å². The van der Waals surface area contributed by atoms with Gasteiger partial charge in [0.2, 0.25) is 0 Å². The second-order valence-corrected chi connectivity index (χ2v) is 3.96. The molecule has 92 valence electrons. The van der Waals surface area contributed by atoms with Gasteiger partial charge in [0, 0.05) is 5.69 Å². The summed E-state index contributed by atoms with van der Waals surface area (Å²) in [5.74, 6) is 0.338. The third-order valence-electron chi connectivity index (χ3n) is 2.53. The van der Waals surface area contributed by atoms with Crippen molar-refractivity contribution in [2.45, 2.75) is 6.92 Å². The number of rotatable bonds is 3. The van der Waals surface area contributed by atoms with Gasteiger partial charge < -0.3 is 15.6 Å². The molecule has 2 rings (SSSR count). The van der Waals surface area contributed by atoms with Crippen LogP contribution in [0.3, 0.4) is 0 Å². The lowest BCUT2D eigenvalue weighted by Gasteiger charge is -2.09. The molecule has 0 radical (unpaired) electrons. The van der Waals surface area contributed by atoms with Crippen LogP contribution in [0.2, 0.25) is 0 Å². The van der Waals surface area contributed by atoms with Crippen molar-refractivity contribution in [2.24, 2.45) is 0 Å². The van der Waals surface area contributed by atoms with Crippen LogP contribution >= 0.6 is 0 Å². The molecule has 0 heterocycles. The zero-order valence-electron chi connectivity index (χ0n) is 9.88. The second kappa shape index (κ2) is 4.79. The molecule has 18 heavy (non-hydrogen) atoms. The molecule has 3 N–H and O–H groups in total. The highest BCUT2D eigenvalue weighted by atomic mass is 16.5. The van der Waals surface area contributed by atoms with Crippen LogP contribution in [0.1, 0.15) is 15.9 Å². The first-order valence-corrected chi connectivity index (χ1v) is 5.43. The van der Waals surface area contributed by atoms with Gasteiger partial charge in [-0.1, -0.05) is 0 Å². The van der Waals surface area contributed by atoms with Crippen molar-refractivity contribution in [1.29, 1.82) is 0 Å². The number of carbonyl (C=O) groups is 1. The Balaban J connectivity index is 2.21. The van der Waals surface area contributed by atoms with Gasteiger partial charge in [-0.2, -0.15) is 0 Å². The monoisotopic (exact) mass is 243 g/mol. The zero-order valence-corrected chi connectivity index (χ0v) is 9.88. The number of benzene rings is 2. The third-order valence-corrected chi connectivity index (χ3v) is 2.53. The fraction of sp³-hybridized carbons (Fsp3) is 0.0714. The lowest BCUT2D eigenvalue weighted by atomic mass is 10.2. The molecule has 0 aromatic heterocycles. The van der Waals surface area contributed by atoms with Crippen molar-refractivity contribution in [3.05, 3.63) is 53.6 Å². The number of hydrogen-bond donors (Lipinski definition) is 2. The summed E-state index contributed by atoms with van der Waals surface area (Å²) >= 11 is 0. The lowest BCUT2D eigenvalue weighted by molar-refractivity contribution is 0.0697. The van der Waals surface area contributed by atoms with Crippen molar-refractivity contribution >= 4 is 11.7 Å². The summed E-state index contributed by atoms with van der Waals surface area (Å²) in [6.45, 7) is 1.90. The number of ether oxygens (including phenoxy) is 1. The van der Waals surface area contributed by atoms with Crippen molar-refractivity contribution < 1.29 is 14.6 Å². The summed E-state index contributed by atoms with van der Waals surface area (Å²) in [7, 11) is 0. The Kier molecular flexibility index (Phi) is 3.19. The lowest BCUT2D eigenvalue weighted by Crippen LogP contribution is -1.95. The molecule has 0 aliphatic heterocycles. The first-order valence-electron chi connectivity index (χ1n) is 5.43. The molecule has 0 amide bonds. The second-order valence-electron chi connectivity index (χ2n) is 3.96. The standard InChI is InChI=1S/C14H13NO3/c1-9-8-11(15)4-7-13(9)18-12-5-2-10(3-6-12)14(16)17/h2-8H,15H2,1H3,(H,16,17). The molecule has 0 atom stereocenters. The van der Waals surface area contributed by atoms with Crippen LogP contribution in [0.25, 0.3) is 0 Å². The Morgan fingerprint density at radius 3 is 2.39 bits per heavy atom. The molecule has 0 unspecified atom stereocenters. The van der Waals surface area contributed by atoms with Crippen LogP contribution in [0.15, 0.2) is 42.5 Å². The van der Waals surface area contributed by atoms with E-state index in [1.807, 2.05) is 13.0 Å². The van der Waals surface area contributed by atoms with E-state index < -0.39 is 5.97 Å². The smallest absolute Gasteiger partial charge is 0.335 e. The number of nitrogen functional groups attached to an aromatic ring is 1. The molecule has 0 bridgehead atoms. The number of carboxylic acids is 1. The average molecular weight is 243 g/mol. The molecule has 2 aromatic carbocycles. The Bertz CT molecular complexity index is 576. The fourth-order valence-corrected chi connectivity index (χ4v) is 1.58.